The van der Waals surface area contributed by atoms with Crippen molar-refractivity contribution in [3.05, 3.63) is 48.7 Å². The average Bonchev–Trinajstić information content (AvgIpc) is 2.66. The van der Waals surface area contributed by atoms with Gasteiger partial charge in [-0.2, -0.15) is 0 Å². The van der Waals surface area contributed by atoms with Gasteiger partial charge in [0.1, 0.15) is 5.75 Å². The van der Waals surface area contributed by atoms with E-state index < -0.39 is 0 Å². The summed E-state index contributed by atoms with van der Waals surface area (Å²) in [7, 11) is 1.64. The molecule has 5 rings (SSSR count). The molecule has 0 saturated carbocycles. The monoisotopic (exact) mass is 322 g/mol. The topological polar surface area (TPSA) is 42.4 Å². The Morgan fingerprint density at radius 2 is 2.29 bits per heavy atom. The highest BCUT2D eigenvalue weighted by atomic mass is 16.5. The summed E-state index contributed by atoms with van der Waals surface area (Å²) in [6.45, 7) is 5.92. The number of piperidine rings is 3. The lowest BCUT2D eigenvalue weighted by atomic mass is 9.74. The first-order valence-electron chi connectivity index (χ1n) is 8.55. The average molecular weight is 322 g/mol. The molecule has 4 heterocycles. The first kappa shape index (κ1) is 15.3. The van der Waals surface area contributed by atoms with E-state index in [0.29, 0.717) is 11.8 Å². The van der Waals surface area contributed by atoms with Gasteiger partial charge in [0.25, 0.3) is 0 Å². The standard InChI is InChI=1S/C20H22N2O2/c1-3-13-12-22-9-7-14(13)10-19(22)20(23)16-6-8-21-18-5-4-15(24-2)11-17(16)18/h3-6,8,11,13-14,19H,1,7,9-10,12H2,2H3/t13-,14+,19+/m0/s1. The lowest BCUT2D eigenvalue weighted by molar-refractivity contribution is 0.0205. The third-order valence-corrected chi connectivity index (χ3v) is 5.62. The second kappa shape index (κ2) is 6.02. The molecule has 1 aromatic heterocycles. The predicted molar refractivity (Wildman–Crippen MR) is 94.4 cm³/mol. The molecule has 3 saturated heterocycles. The summed E-state index contributed by atoms with van der Waals surface area (Å²) >= 11 is 0. The van der Waals surface area contributed by atoms with Gasteiger partial charge in [0.2, 0.25) is 0 Å². The number of carbonyl (C=O) groups excluding carboxylic acids is 1. The molecule has 3 fully saturated rings. The van der Waals surface area contributed by atoms with Crippen LogP contribution >= 0.6 is 0 Å². The summed E-state index contributed by atoms with van der Waals surface area (Å²) in [6.07, 6.45) is 5.89. The molecule has 3 aliphatic heterocycles. The highest BCUT2D eigenvalue weighted by Gasteiger charge is 2.42. The third-order valence-electron chi connectivity index (χ3n) is 5.62. The zero-order valence-corrected chi connectivity index (χ0v) is 13.9. The lowest BCUT2D eigenvalue weighted by Gasteiger charge is -2.48. The van der Waals surface area contributed by atoms with Crippen molar-refractivity contribution in [3.8, 4) is 5.75 Å². The van der Waals surface area contributed by atoms with Crippen molar-refractivity contribution in [1.29, 1.82) is 0 Å². The summed E-state index contributed by atoms with van der Waals surface area (Å²) in [4.78, 5) is 20.0. The molecule has 3 aliphatic rings. The molecule has 0 radical (unpaired) electrons. The van der Waals surface area contributed by atoms with Crippen LogP contribution in [0.1, 0.15) is 23.2 Å². The van der Waals surface area contributed by atoms with E-state index in [-0.39, 0.29) is 11.8 Å². The lowest BCUT2D eigenvalue weighted by Crippen LogP contribution is -2.55. The van der Waals surface area contributed by atoms with Gasteiger partial charge < -0.3 is 4.74 Å². The van der Waals surface area contributed by atoms with Crippen LogP contribution in [0.3, 0.4) is 0 Å². The number of Topliss-reactive ketones (excluding diaryl/α,β-unsaturated/α-hetero) is 1. The fourth-order valence-electron chi connectivity index (χ4n) is 4.25. The predicted octanol–water partition coefficient (Wildman–Crippen LogP) is 3.32. The summed E-state index contributed by atoms with van der Waals surface area (Å²) in [5.74, 6) is 2.07. The van der Waals surface area contributed by atoms with Crippen LogP contribution in [0.4, 0.5) is 0 Å². The zero-order valence-electron chi connectivity index (χ0n) is 13.9. The van der Waals surface area contributed by atoms with E-state index in [1.54, 1.807) is 13.3 Å². The quantitative estimate of drug-likeness (QED) is 0.640. The fraction of sp³-hybridized carbons (Fsp3) is 0.400. The van der Waals surface area contributed by atoms with Crippen LogP contribution < -0.4 is 4.74 Å². The van der Waals surface area contributed by atoms with Crippen molar-refractivity contribution >= 4 is 16.7 Å². The molecule has 1 unspecified atom stereocenters. The van der Waals surface area contributed by atoms with E-state index in [9.17, 15) is 4.79 Å². The Balaban J connectivity index is 1.70. The molecule has 1 aromatic carbocycles. The maximum atomic E-state index is 13.3. The number of hydrogen-bond donors (Lipinski definition) is 0. The van der Waals surface area contributed by atoms with Crippen LogP contribution in [-0.4, -0.2) is 41.9 Å². The smallest absolute Gasteiger partial charge is 0.180 e. The molecular formula is C20H22N2O2. The molecule has 0 spiro atoms. The van der Waals surface area contributed by atoms with Gasteiger partial charge in [-0.15, -0.1) is 6.58 Å². The van der Waals surface area contributed by atoms with Crippen LogP contribution in [0, 0.1) is 11.8 Å². The minimum absolute atomic E-state index is 0.0169. The molecular weight excluding hydrogens is 300 g/mol. The van der Waals surface area contributed by atoms with Gasteiger partial charge in [-0.3, -0.25) is 14.7 Å². The number of ketones is 1. The van der Waals surface area contributed by atoms with Crippen molar-refractivity contribution in [2.45, 2.75) is 18.9 Å². The number of benzene rings is 1. The van der Waals surface area contributed by atoms with Gasteiger partial charge in [-0.05, 0) is 55.5 Å². The number of nitrogens with zero attached hydrogens (tertiary/aromatic N) is 2. The second-order valence-corrected chi connectivity index (χ2v) is 6.80. The molecule has 2 bridgehead atoms. The molecule has 4 heteroatoms. The first-order valence-corrected chi connectivity index (χ1v) is 8.55. The van der Waals surface area contributed by atoms with Gasteiger partial charge >= 0.3 is 0 Å². The minimum atomic E-state index is -0.0169. The number of rotatable bonds is 4. The van der Waals surface area contributed by atoms with Gasteiger partial charge in [0, 0.05) is 23.7 Å². The Kier molecular flexibility index (Phi) is 3.85. The largest absolute Gasteiger partial charge is 0.497 e. The van der Waals surface area contributed by atoms with Gasteiger partial charge in [0.05, 0.1) is 18.7 Å². The van der Waals surface area contributed by atoms with Crippen molar-refractivity contribution in [1.82, 2.24) is 9.88 Å². The van der Waals surface area contributed by atoms with Crippen molar-refractivity contribution in [3.63, 3.8) is 0 Å². The van der Waals surface area contributed by atoms with Crippen LogP contribution in [0.5, 0.6) is 5.75 Å². The van der Waals surface area contributed by atoms with Crippen molar-refractivity contribution in [2.24, 2.45) is 11.8 Å². The van der Waals surface area contributed by atoms with Gasteiger partial charge in [-0.1, -0.05) is 6.08 Å². The molecule has 124 valence electrons. The minimum Gasteiger partial charge on any atom is -0.497 e. The van der Waals surface area contributed by atoms with Crippen molar-refractivity contribution < 1.29 is 9.53 Å². The molecule has 0 aliphatic carbocycles. The summed E-state index contributed by atoms with van der Waals surface area (Å²) in [5, 5.41) is 0.879. The zero-order chi connectivity index (χ0) is 16.7. The molecule has 4 nitrogen and oxygen atoms in total. The van der Waals surface area contributed by atoms with Crippen molar-refractivity contribution in [2.75, 3.05) is 20.2 Å². The molecule has 0 N–H and O–H groups in total. The fourth-order valence-corrected chi connectivity index (χ4v) is 4.25. The number of fused-ring (bicyclic) bond motifs is 4. The maximum absolute atomic E-state index is 13.3. The molecule has 0 amide bonds. The van der Waals surface area contributed by atoms with Crippen LogP contribution in [0.25, 0.3) is 10.9 Å². The van der Waals surface area contributed by atoms with Crippen LogP contribution in [-0.2, 0) is 0 Å². The van der Waals surface area contributed by atoms with Gasteiger partial charge in [-0.25, -0.2) is 0 Å². The van der Waals surface area contributed by atoms with E-state index in [0.717, 1.165) is 41.7 Å². The maximum Gasteiger partial charge on any atom is 0.180 e. The highest BCUT2D eigenvalue weighted by molar-refractivity contribution is 6.10. The number of hydrogen-bond acceptors (Lipinski definition) is 4. The summed E-state index contributed by atoms with van der Waals surface area (Å²) in [5.41, 5.74) is 1.59. The normalized spacial score (nSPS) is 28.7. The number of aromatic nitrogens is 1. The molecule has 4 atom stereocenters. The Morgan fingerprint density at radius 1 is 1.42 bits per heavy atom. The number of methoxy groups -OCH3 is 1. The highest BCUT2D eigenvalue weighted by Crippen LogP contribution is 2.38. The summed E-state index contributed by atoms with van der Waals surface area (Å²) < 4.78 is 5.32. The second-order valence-electron chi connectivity index (χ2n) is 6.80. The molecule has 2 aromatic rings. The SMILES string of the molecule is C=C[C@H]1CN2CC[C@@H]1C[C@@H]2C(=O)c1ccnc2ccc(OC)cc12. The van der Waals surface area contributed by atoms with Crippen LogP contribution in [0.15, 0.2) is 43.1 Å². The Labute approximate surface area is 142 Å². The Morgan fingerprint density at radius 3 is 3.00 bits per heavy atom. The van der Waals surface area contributed by atoms with E-state index in [1.807, 2.05) is 24.3 Å². The number of carbonyl (C=O) groups is 1. The van der Waals surface area contributed by atoms with E-state index in [2.05, 4.69) is 22.5 Å². The van der Waals surface area contributed by atoms with E-state index >= 15 is 0 Å². The third kappa shape index (κ3) is 2.42. The van der Waals surface area contributed by atoms with E-state index in [1.165, 1.54) is 6.42 Å². The number of ether oxygens (including phenoxy) is 1. The Bertz CT molecular complexity index is 801. The number of pyridine rings is 1. The van der Waals surface area contributed by atoms with Crippen LogP contribution in [0.2, 0.25) is 0 Å². The van der Waals surface area contributed by atoms with Gasteiger partial charge in [0.15, 0.2) is 5.78 Å². The Hall–Kier alpha value is -2.20. The molecule has 24 heavy (non-hydrogen) atoms. The summed E-state index contributed by atoms with van der Waals surface area (Å²) in [6, 6.07) is 7.53. The first-order chi connectivity index (χ1) is 11.7. The van der Waals surface area contributed by atoms with E-state index in [4.69, 9.17) is 4.74 Å².